The maximum Gasteiger partial charge on any atom is 0.412 e. The fourth-order valence-corrected chi connectivity index (χ4v) is 6.85. The van der Waals surface area contributed by atoms with Crippen molar-refractivity contribution in [3.8, 4) is 0 Å². The third kappa shape index (κ3) is 5.47. The lowest BCUT2D eigenvalue weighted by Crippen LogP contribution is -2.45. The van der Waals surface area contributed by atoms with Crippen LogP contribution in [0.4, 0.5) is 33.6 Å². The van der Waals surface area contributed by atoms with Crippen molar-refractivity contribution in [3.05, 3.63) is 90.6 Å². The van der Waals surface area contributed by atoms with Crippen molar-refractivity contribution in [2.75, 3.05) is 15.5 Å². The van der Waals surface area contributed by atoms with Crippen LogP contribution in [0.3, 0.4) is 0 Å². The number of anilines is 5. The predicted octanol–water partition coefficient (Wildman–Crippen LogP) is 7.05. The number of fused-ring (bicyclic) bond motifs is 2. The Labute approximate surface area is 251 Å². The SMILES string of the molecule is CC(C)(C)N(C(=O)O)c1cccc(Nc2nc(Nc3cnc4c(ccn4S(=O)(=O)c4ccccc4)c3)c3sccc3n2)c1. The van der Waals surface area contributed by atoms with E-state index in [1.807, 2.05) is 44.4 Å². The molecule has 0 saturated heterocycles. The summed E-state index contributed by atoms with van der Waals surface area (Å²) in [5.41, 5.74) is 2.14. The highest BCUT2D eigenvalue weighted by molar-refractivity contribution is 7.90. The maximum absolute atomic E-state index is 13.2. The number of carboxylic acid groups (broad SMARTS) is 1. The van der Waals surface area contributed by atoms with Crippen LogP contribution in [0.2, 0.25) is 0 Å². The van der Waals surface area contributed by atoms with Crippen LogP contribution in [0.25, 0.3) is 21.3 Å². The zero-order valence-electron chi connectivity index (χ0n) is 23.4. The quantitative estimate of drug-likeness (QED) is 0.173. The van der Waals surface area contributed by atoms with Gasteiger partial charge < -0.3 is 15.7 Å². The van der Waals surface area contributed by atoms with E-state index in [9.17, 15) is 18.3 Å². The van der Waals surface area contributed by atoms with Gasteiger partial charge in [-0.3, -0.25) is 4.90 Å². The number of amides is 1. The van der Waals surface area contributed by atoms with Crippen molar-refractivity contribution in [1.82, 2.24) is 18.9 Å². The van der Waals surface area contributed by atoms with E-state index in [1.165, 1.54) is 26.4 Å². The molecule has 2 aromatic carbocycles. The average molecular weight is 614 g/mol. The van der Waals surface area contributed by atoms with E-state index in [2.05, 4.69) is 20.6 Å². The molecule has 0 aliphatic rings. The molecule has 6 aromatic rings. The second kappa shape index (κ2) is 10.7. The first kappa shape index (κ1) is 28.1. The molecule has 13 heteroatoms. The zero-order chi connectivity index (χ0) is 30.4. The van der Waals surface area contributed by atoms with E-state index >= 15 is 0 Å². The maximum atomic E-state index is 13.2. The lowest BCUT2D eigenvalue weighted by atomic mass is 10.1. The summed E-state index contributed by atoms with van der Waals surface area (Å²) in [5, 5.41) is 18.9. The minimum atomic E-state index is -3.80. The summed E-state index contributed by atoms with van der Waals surface area (Å²) < 4.78 is 28.4. The van der Waals surface area contributed by atoms with E-state index < -0.39 is 21.7 Å². The molecule has 0 atom stereocenters. The molecule has 0 bridgehead atoms. The molecule has 43 heavy (non-hydrogen) atoms. The second-order valence-electron chi connectivity index (χ2n) is 10.7. The number of nitrogens with one attached hydrogen (secondary N) is 2. The standard InChI is InChI=1S/C30H27N7O4S2/c1-30(2,3)37(29(38)39)22-9-7-8-20(17-22)33-28-34-24-13-15-42-25(24)26(35-28)32-21-16-19-12-14-36(27(19)31-18-21)43(40,41)23-10-5-4-6-11-23/h4-18H,1-3H3,(H,38,39)(H2,32,33,34,35). The van der Waals surface area contributed by atoms with Gasteiger partial charge in [-0.2, -0.15) is 4.98 Å². The Balaban J connectivity index is 1.31. The van der Waals surface area contributed by atoms with Crippen molar-refractivity contribution < 1.29 is 18.3 Å². The van der Waals surface area contributed by atoms with Gasteiger partial charge in [0.15, 0.2) is 11.5 Å². The van der Waals surface area contributed by atoms with Gasteiger partial charge in [-0.15, -0.1) is 11.3 Å². The molecule has 4 aromatic heterocycles. The lowest BCUT2D eigenvalue weighted by molar-refractivity contribution is 0.195. The summed E-state index contributed by atoms with van der Waals surface area (Å²) in [6.45, 7) is 5.49. The monoisotopic (exact) mass is 613 g/mol. The van der Waals surface area contributed by atoms with E-state index in [0.29, 0.717) is 39.9 Å². The van der Waals surface area contributed by atoms with E-state index in [0.717, 1.165) is 10.2 Å². The van der Waals surface area contributed by atoms with Crippen molar-refractivity contribution >= 4 is 77.5 Å². The molecule has 4 heterocycles. The highest BCUT2D eigenvalue weighted by Gasteiger charge is 2.28. The fraction of sp³-hybridized carbons (Fsp3) is 0.133. The summed E-state index contributed by atoms with van der Waals surface area (Å²) >= 11 is 1.48. The highest BCUT2D eigenvalue weighted by atomic mass is 32.2. The summed E-state index contributed by atoms with van der Waals surface area (Å²) in [5.74, 6) is 0.857. The van der Waals surface area contributed by atoms with E-state index in [1.54, 1.807) is 60.8 Å². The molecule has 0 unspecified atom stereocenters. The van der Waals surface area contributed by atoms with Crippen molar-refractivity contribution in [2.45, 2.75) is 31.2 Å². The number of nitrogens with zero attached hydrogens (tertiary/aromatic N) is 5. The molecule has 0 spiro atoms. The lowest BCUT2D eigenvalue weighted by Gasteiger charge is -2.33. The molecule has 1 amide bonds. The van der Waals surface area contributed by atoms with Gasteiger partial charge in [-0.1, -0.05) is 24.3 Å². The first-order valence-electron chi connectivity index (χ1n) is 13.2. The van der Waals surface area contributed by atoms with Crippen molar-refractivity contribution in [2.24, 2.45) is 0 Å². The van der Waals surface area contributed by atoms with Crippen LogP contribution in [-0.2, 0) is 10.0 Å². The van der Waals surface area contributed by atoms with Gasteiger partial charge in [0.25, 0.3) is 10.0 Å². The van der Waals surface area contributed by atoms with Crippen LogP contribution in [0, 0.1) is 0 Å². The smallest absolute Gasteiger partial charge is 0.412 e. The van der Waals surface area contributed by atoms with Crippen LogP contribution in [0.1, 0.15) is 20.8 Å². The van der Waals surface area contributed by atoms with Gasteiger partial charge in [-0.25, -0.2) is 27.2 Å². The Kier molecular flexibility index (Phi) is 6.98. The van der Waals surface area contributed by atoms with Crippen LogP contribution in [0.15, 0.2) is 95.5 Å². The number of hydrogen-bond donors (Lipinski definition) is 3. The van der Waals surface area contributed by atoms with Gasteiger partial charge in [0, 0.05) is 28.5 Å². The number of thiophene rings is 1. The summed E-state index contributed by atoms with van der Waals surface area (Å²) in [7, 11) is -3.80. The summed E-state index contributed by atoms with van der Waals surface area (Å²) in [4.78, 5) is 27.3. The molecular weight excluding hydrogens is 587 g/mol. The first-order valence-corrected chi connectivity index (χ1v) is 15.5. The average Bonchev–Trinajstić information content (AvgIpc) is 3.60. The number of hydrogen-bond acceptors (Lipinski definition) is 9. The van der Waals surface area contributed by atoms with Crippen LogP contribution < -0.4 is 15.5 Å². The molecule has 0 aliphatic carbocycles. The second-order valence-corrected chi connectivity index (χ2v) is 13.4. The molecule has 0 saturated carbocycles. The molecule has 0 radical (unpaired) electrons. The minimum Gasteiger partial charge on any atom is -0.465 e. The third-order valence-electron chi connectivity index (χ3n) is 6.58. The Morgan fingerprint density at radius 1 is 0.953 bits per heavy atom. The Hall–Kier alpha value is -5.01. The molecule has 218 valence electrons. The number of rotatable bonds is 7. The highest BCUT2D eigenvalue weighted by Crippen LogP contribution is 2.33. The predicted molar refractivity (Wildman–Crippen MR) is 169 cm³/mol. The Bertz CT molecular complexity index is 2080. The van der Waals surface area contributed by atoms with Crippen LogP contribution >= 0.6 is 11.3 Å². The van der Waals surface area contributed by atoms with Crippen molar-refractivity contribution in [3.63, 3.8) is 0 Å². The third-order valence-corrected chi connectivity index (χ3v) is 9.17. The molecule has 0 aliphatic heterocycles. The van der Waals surface area contributed by atoms with Crippen LogP contribution in [-0.4, -0.2) is 44.1 Å². The van der Waals surface area contributed by atoms with E-state index in [4.69, 9.17) is 4.98 Å². The minimum absolute atomic E-state index is 0.178. The topological polar surface area (TPSA) is 142 Å². The normalized spacial score (nSPS) is 12.0. The van der Waals surface area contributed by atoms with Gasteiger partial charge in [-0.05, 0) is 74.7 Å². The number of aromatic nitrogens is 4. The number of pyridine rings is 1. The Morgan fingerprint density at radius 2 is 1.74 bits per heavy atom. The zero-order valence-corrected chi connectivity index (χ0v) is 25.0. The fourth-order valence-electron chi connectivity index (χ4n) is 4.75. The van der Waals surface area contributed by atoms with Crippen LogP contribution in [0.5, 0.6) is 0 Å². The van der Waals surface area contributed by atoms with Gasteiger partial charge in [0.05, 0.1) is 27.0 Å². The first-order chi connectivity index (χ1) is 20.5. The number of carbonyl (C=O) groups is 1. The van der Waals surface area contributed by atoms with Gasteiger partial charge in [0.2, 0.25) is 5.95 Å². The van der Waals surface area contributed by atoms with Gasteiger partial charge in [0.1, 0.15) is 0 Å². The molecule has 6 rings (SSSR count). The van der Waals surface area contributed by atoms with Crippen molar-refractivity contribution in [1.29, 1.82) is 0 Å². The number of benzene rings is 2. The molecular formula is C30H27N7O4S2. The van der Waals surface area contributed by atoms with E-state index in [-0.39, 0.29) is 4.90 Å². The molecule has 0 fully saturated rings. The van der Waals surface area contributed by atoms with Gasteiger partial charge >= 0.3 is 6.09 Å². The molecule has 3 N–H and O–H groups in total. The Morgan fingerprint density at radius 3 is 2.49 bits per heavy atom. The molecule has 11 nitrogen and oxygen atoms in total. The largest absolute Gasteiger partial charge is 0.465 e. The summed E-state index contributed by atoms with van der Waals surface area (Å²) in [6.07, 6.45) is 2.00. The summed E-state index contributed by atoms with van der Waals surface area (Å²) in [6, 6.07) is 20.7.